The van der Waals surface area contributed by atoms with Gasteiger partial charge in [0.2, 0.25) is 0 Å². The second kappa shape index (κ2) is 4.86. The van der Waals surface area contributed by atoms with Crippen molar-refractivity contribution >= 4 is 23.0 Å². The number of nitrogens with zero attached hydrogens (tertiary/aromatic N) is 1. The predicted molar refractivity (Wildman–Crippen MR) is 90.3 cm³/mol. The largest absolute Gasteiger partial charge is 0.457 e. The number of hydrogen-bond acceptors (Lipinski definition) is 4. The first-order chi connectivity index (χ1) is 11.8. The molecule has 2 aliphatic rings. The third kappa shape index (κ3) is 1.83. The van der Waals surface area contributed by atoms with Gasteiger partial charge in [0.1, 0.15) is 6.61 Å². The van der Waals surface area contributed by atoms with Crippen LogP contribution in [0, 0.1) is 0 Å². The predicted octanol–water partition coefficient (Wildman–Crippen LogP) is 4.93. The number of anilines is 3. The van der Waals surface area contributed by atoms with E-state index in [0.717, 1.165) is 34.1 Å². The van der Waals surface area contributed by atoms with Gasteiger partial charge >= 0.3 is 5.97 Å². The highest BCUT2D eigenvalue weighted by Gasteiger charge is 2.27. The lowest BCUT2D eigenvalue weighted by Gasteiger charge is -2.32. The fraction of sp³-hybridized carbons (Fsp3) is 0.0500. The Kier molecular flexibility index (Phi) is 2.67. The summed E-state index contributed by atoms with van der Waals surface area (Å²) in [6.07, 6.45) is 0. The second-order valence-corrected chi connectivity index (χ2v) is 5.79. The molecule has 116 valence electrons. The maximum Gasteiger partial charge on any atom is 0.338 e. The molecule has 0 aliphatic carbocycles. The highest BCUT2D eigenvalue weighted by Crippen LogP contribution is 2.50. The average molecular weight is 315 g/mol. The van der Waals surface area contributed by atoms with Crippen LogP contribution in [0.25, 0.3) is 0 Å². The summed E-state index contributed by atoms with van der Waals surface area (Å²) in [6, 6.07) is 21.7. The van der Waals surface area contributed by atoms with E-state index in [0.29, 0.717) is 12.2 Å². The molecule has 0 N–H and O–H groups in total. The number of fused-ring (bicyclic) bond motifs is 3. The summed E-state index contributed by atoms with van der Waals surface area (Å²) in [7, 11) is 0. The van der Waals surface area contributed by atoms with Gasteiger partial charge in [-0.25, -0.2) is 4.79 Å². The Morgan fingerprint density at radius 2 is 1.50 bits per heavy atom. The van der Waals surface area contributed by atoms with E-state index in [-0.39, 0.29) is 5.97 Å². The molecule has 0 aromatic heterocycles. The van der Waals surface area contributed by atoms with E-state index in [4.69, 9.17) is 9.47 Å². The molecule has 0 fully saturated rings. The Morgan fingerprint density at radius 3 is 2.21 bits per heavy atom. The van der Waals surface area contributed by atoms with Crippen molar-refractivity contribution < 1.29 is 14.3 Å². The number of carbonyl (C=O) groups excluding carboxylic acids is 1. The highest BCUT2D eigenvalue weighted by molar-refractivity contribution is 5.95. The smallest absolute Gasteiger partial charge is 0.338 e. The molecular formula is C20H13NO3. The number of carbonyl (C=O) groups is 1. The number of benzene rings is 3. The minimum absolute atomic E-state index is 0.251. The molecule has 4 nitrogen and oxygen atoms in total. The highest BCUT2D eigenvalue weighted by atomic mass is 16.5. The molecule has 0 unspecified atom stereocenters. The van der Waals surface area contributed by atoms with Crippen molar-refractivity contribution in [3.05, 3.63) is 77.9 Å². The van der Waals surface area contributed by atoms with Crippen LogP contribution in [0.15, 0.2) is 66.7 Å². The van der Waals surface area contributed by atoms with Gasteiger partial charge in [-0.2, -0.15) is 0 Å². The maximum absolute atomic E-state index is 11.7. The first-order valence-electron chi connectivity index (χ1n) is 7.77. The summed E-state index contributed by atoms with van der Waals surface area (Å²) in [5.74, 6) is 1.37. The molecular weight excluding hydrogens is 302 g/mol. The van der Waals surface area contributed by atoms with Crippen LogP contribution in [0.2, 0.25) is 0 Å². The Hall–Kier alpha value is -3.27. The standard InChI is InChI=1S/C20H13NO3/c22-20-15-10-9-14(11-13(15)12-23-20)21-16-5-1-3-7-18(16)24-19-8-4-2-6-17(19)21/h1-11H,12H2. The van der Waals surface area contributed by atoms with Crippen molar-refractivity contribution in [3.63, 3.8) is 0 Å². The molecule has 2 aliphatic heterocycles. The van der Waals surface area contributed by atoms with Crippen LogP contribution in [0.1, 0.15) is 15.9 Å². The number of rotatable bonds is 1. The number of esters is 1. The van der Waals surface area contributed by atoms with Crippen LogP contribution in [0.5, 0.6) is 11.5 Å². The monoisotopic (exact) mass is 315 g/mol. The normalized spacial score (nSPS) is 14.3. The number of cyclic esters (lactones) is 1. The average Bonchev–Trinajstić information content (AvgIpc) is 3.00. The van der Waals surface area contributed by atoms with Crippen LogP contribution in [0.4, 0.5) is 17.1 Å². The van der Waals surface area contributed by atoms with Crippen molar-refractivity contribution in [3.8, 4) is 11.5 Å². The molecule has 0 amide bonds. The van der Waals surface area contributed by atoms with Crippen LogP contribution in [0.3, 0.4) is 0 Å². The van der Waals surface area contributed by atoms with Gasteiger partial charge in [-0.1, -0.05) is 24.3 Å². The van der Waals surface area contributed by atoms with E-state index in [1.165, 1.54) is 0 Å². The van der Waals surface area contributed by atoms with Gasteiger partial charge in [0.15, 0.2) is 11.5 Å². The van der Waals surface area contributed by atoms with E-state index in [1.807, 2.05) is 66.7 Å². The van der Waals surface area contributed by atoms with Crippen molar-refractivity contribution in [2.45, 2.75) is 6.61 Å². The number of para-hydroxylation sites is 4. The fourth-order valence-electron chi connectivity index (χ4n) is 3.24. The van der Waals surface area contributed by atoms with Crippen LogP contribution in [-0.4, -0.2) is 5.97 Å². The van der Waals surface area contributed by atoms with Gasteiger partial charge in [0.25, 0.3) is 0 Å². The van der Waals surface area contributed by atoms with Crippen molar-refractivity contribution in [1.82, 2.24) is 0 Å². The topological polar surface area (TPSA) is 38.8 Å². The third-order valence-corrected chi connectivity index (χ3v) is 4.36. The second-order valence-electron chi connectivity index (χ2n) is 5.79. The zero-order chi connectivity index (χ0) is 16.1. The van der Waals surface area contributed by atoms with Crippen LogP contribution >= 0.6 is 0 Å². The number of ether oxygens (including phenoxy) is 2. The molecule has 0 atom stereocenters. The van der Waals surface area contributed by atoms with Crippen molar-refractivity contribution in [2.75, 3.05) is 4.90 Å². The van der Waals surface area contributed by atoms with Gasteiger partial charge in [0, 0.05) is 11.3 Å². The van der Waals surface area contributed by atoms with E-state index in [1.54, 1.807) is 0 Å². The quantitative estimate of drug-likeness (QED) is 0.467. The maximum atomic E-state index is 11.7. The lowest BCUT2D eigenvalue weighted by Crippen LogP contribution is -2.15. The molecule has 24 heavy (non-hydrogen) atoms. The first-order valence-corrected chi connectivity index (χ1v) is 7.77. The summed E-state index contributed by atoms with van der Waals surface area (Å²) in [6.45, 7) is 0.329. The molecule has 2 heterocycles. The fourth-order valence-corrected chi connectivity index (χ4v) is 3.24. The van der Waals surface area contributed by atoms with Crippen LogP contribution < -0.4 is 9.64 Å². The van der Waals surface area contributed by atoms with Gasteiger partial charge in [0.05, 0.1) is 16.9 Å². The molecule has 4 heteroatoms. The lowest BCUT2D eigenvalue weighted by molar-refractivity contribution is 0.0535. The summed E-state index contributed by atoms with van der Waals surface area (Å²) >= 11 is 0. The Labute approximate surface area is 138 Å². The van der Waals surface area contributed by atoms with E-state index >= 15 is 0 Å². The third-order valence-electron chi connectivity index (χ3n) is 4.36. The molecule has 0 saturated carbocycles. The van der Waals surface area contributed by atoms with Gasteiger partial charge in [-0.3, -0.25) is 0 Å². The van der Waals surface area contributed by atoms with Crippen LogP contribution in [-0.2, 0) is 11.3 Å². The van der Waals surface area contributed by atoms with Gasteiger partial charge in [-0.05, 0) is 42.5 Å². The summed E-state index contributed by atoms with van der Waals surface area (Å²) < 4.78 is 11.1. The number of hydrogen-bond donors (Lipinski definition) is 0. The zero-order valence-electron chi connectivity index (χ0n) is 12.7. The SMILES string of the molecule is O=C1OCc2cc(N3c4ccccc4Oc4ccccc43)ccc21. The molecule has 0 saturated heterocycles. The Balaban J connectivity index is 1.72. The summed E-state index contributed by atoms with van der Waals surface area (Å²) in [5.41, 5.74) is 4.49. The van der Waals surface area contributed by atoms with E-state index in [2.05, 4.69) is 4.90 Å². The molecule has 5 rings (SSSR count). The molecule has 3 aromatic carbocycles. The van der Waals surface area contributed by atoms with E-state index < -0.39 is 0 Å². The Morgan fingerprint density at radius 1 is 0.833 bits per heavy atom. The van der Waals surface area contributed by atoms with Crippen molar-refractivity contribution in [1.29, 1.82) is 0 Å². The summed E-state index contributed by atoms with van der Waals surface area (Å²) in [4.78, 5) is 13.8. The minimum Gasteiger partial charge on any atom is -0.457 e. The van der Waals surface area contributed by atoms with Crippen molar-refractivity contribution in [2.24, 2.45) is 0 Å². The summed E-state index contributed by atoms with van der Waals surface area (Å²) in [5, 5.41) is 0. The van der Waals surface area contributed by atoms with E-state index in [9.17, 15) is 4.79 Å². The minimum atomic E-state index is -0.251. The zero-order valence-corrected chi connectivity index (χ0v) is 12.7. The lowest BCUT2D eigenvalue weighted by atomic mass is 10.1. The molecule has 0 bridgehead atoms. The molecule has 3 aromatic rings. The van der Waals surface area contributed by atoms with Gasteiger partial charge in [-0.15, -0.1) is 0 Å². The molecule has 0 spiro atoms. The molecule has 0 radical (unpaired) electrons. The first kappa shape index (κ1) is 13.2. The Bertz CT molecular complexity index is 935. The van der Waals surface area contributed by atoms with Gasteiger partial charge < -0.3 is 14.4 Å².